The number of anilines is 1. The summed E-state index contributed by atoms with van der Waals surface area (Å²) in [6.45, 7) is 9.20. The molecule has 0 atom stereocenters. The lowest BCUT2D eigenvalue weighted by molar-refractivity contribution is -0.894. The van der Waals surface area contributed by atoms with Gasteiger partial charge in [0.1, 0.15) is 11.3 Å². The largest absolute Gasteiger partial charge is 0.494 e. The van der Waals surface area contributed by atoms with Gasteiger partial charge in [0.2, 0.25) is 0 Å². The van der Waals surface area contributed by atoms with Gasteiger partial charge in [0, 0.05) is 11.1 Å². The van der Waals surface area contributed by atoms with Crippen LogP contribution in [0.25, 0.3) is 10.2 Å². The first-order valence-corrected chi connectivity index (χ1v) is 11.0. The topological polar surface area (TPSA) is 63.9 Å². The second-order valence-electron chi connectivity index (χ2n) is 7.10. The predicted octanol–water partition coefficient (Wildman–Crippen LogP) is 3.08. The van der Waals surface area contributed by atoms with Crippen molar-refractivity contribution in [1.82, 2.24) is 4.98 Å². The maximum Gasteiger partial charge on any atom is 0.260 e. The van der Waals surface area contributed by atoms with Crippen molar-refractivity contribution < 1.29 is 19.2 Å². The molecule has 0 saturated carbocycles. The number of quaternary nitrogens is 1. The minimum atomic E-state index is -0.116. The zero-order valence-electron chi connectivity index (χ0n) is 17.9. The molecule has 0 fully saturated rings. The molecule has 0 aliphatic carbocycles. The molecular formula is C23H28N3O3S+. The van der Waals surface area contributed by atoms with Crippen molar-refractivity contribution in [2.45, 2.75) is 20.8 Å². The molecule has 0 bridgehead atoms. The van der Waals surface area contributed by atoms with Crippen LogP contribution in [0.1, 0.15) is 41.5 Å². The Morgan fingerprint density at radius 2 is 1.73 bits per heavy atom. The highest BCUT2D eigenvalue weighted by Gasteiger charge is 2.23. The van der Waals surface area contributed by atoms with Gasteiger partial charge >= 0.3 is 0 Å². The molecule has 0 saturated heterocycles. The highest BCUT2D eigenvalue weighted by molar-refractivity contribution is 7.22. The van der Waals surface area contributed by atoms with Gasteiger partial charge in [-0.2, -0.15) is 0 Å². The van der Waals surface area contributed by atoms with E-state index in [9.17, 15) is 9.59 Å². The average Bonchev–Trinajstić information content (AvgIpc) is 3.20. The number of nitrogens with zero attached hydrogens (tertiary/aromatic N) is 2. The molecule has 3 rings (SSSR count). The number of nitrogens with one attached hydrogen (secondary N) is 1. The summed E-state index contributed by atoms with van der Waals surface area (Å²) in [5, 5.41) is 0.654. The van der Waals surface area contributed by atoms with Crippen molar-refractivity contribution >= 4 is 38.4 Å². The molecule has 30 heavy (non-hydrogen) atoms. The maximum absolute atomic E-state index is 13.4. The standard InChI is InChI=1S/C23H27N3O3S/c1-5-25(6-2)14-15-26(22(28)18-12-10-17(11-13-18)16(3)27)23-24-21-19(29-4)8-7-9-20(21)30-23/h7-13H,5-6,14-15H2,1-4H3/p+1. The first-order valence-electron chi connectivity index (χ1n) is 10.2. The van der Waals surface area contributed by atoms with E-state index in [0.717, 1.165) is 29.9 Å². The monoisotopic (exact) mass is 426 g/mol. The summed E-state index contributed by atoms with van der Waals surface area (Å²) < 4.78 is 6.42. The van der Waals surface area contributed by atoms with Crippen molar-refractivity contribution in [2.75, 3.05) is 38.2 Å². The molecule has 1 heterocycles. The lowest BCUT2D eigenvalue weighted by Gasteiger charge is -2.23. The summed E-state index contributed by atoms with van der Waals surface area (Å²) in [5.41, 5.74) is 1.90. The lowest BCUT2D eigenvalue weighted by Crippen LogP contribution is -3.12. The molecule has 0 radical (unpaired) electrons. The predicted molar refractivity (Wildman–Crippen MR) is 121 cm³/mol. The number of carbonyl (C=O) groups is 2. The number of thiazole rings is 1. The number of para-hydroxylation sites is 1. The Kier molecular flexibility index (Phi) is 7.18. The van der Waals surface area contributed by atoms with E-state index >= 15 is 0 Å². The summed E-state index contributed by atoms with van der Waals surface area (Å²) in [7, 11) is 1.62. The van der Waals surface area contributed by atoms with E-state index in [0.29, 0.717) is 28.6 Å². The smallest absolute Gasteiger partial charge is 0.260 e. The van der Waals surface area contributed by atoms with Gasteiger partial charge in [-0.25, -0.2) is 4.98 Å². The summed E-state index contributed by atoms with van der Waals surface area (Å²) in [4.78, 5) is 32.9. The van der Waals surface area contributed by atoms with Crippen LogP contribution in [-0.2, 0) is 0 Å². The van der Waals surface area contributed by atoms with Crippen LogP contribution >= 0.6 is 11.3 Å². The van der Waals surface area contributed by atoms with Crippen LogP contribution in [0.5, 0.6) is 5.75 Å². The SMILES string of the molecule is CC[NH+](CC)CCN(C(=O)c1ccc(C(C)=O)cc1)c1nc2c(OC)cccc2s1. The Morgan fingerprint density at radius 1 is 1.07 bits per heavy atom. The minimum absolute atomic E-state index is 0.0192. The highest BCUT2D eigenvalue weighted by Crippen LogP contribution is 2.34. The maximum atomic E-state index is 13.4. The lowest BCUT2D eigenvalue weighted by atomic mass is 10.1. The highest BCUT2D eigenvalue weighted by atomic mass is 32.1. The van der Waals surface area contributed by atoms with E-state index in [1.807, 2.05) is 18.2 Å². The molecule has 1 aromatic heterocycles. The molecule has 1 N–H and O–H groups in total. The number of rotatable bonds is 9. The van der Waals surface area contributed by atoms with Crippen LogP contribution in [0.15, 0.2) is 42.5 Å². The van der Waals surface area contributed by atoms with Crippen molar-refractivity contribution in [2.24, 2.45) is 0 Å². The number of likely N-dealkylation sites (N-methyl/N-ethyl adjacent to an activating group) is 1. The van der Waals surface area contributed by atoms with Crippen LogP contribution < -0.4 is 14.5 Å². The van der Waals surface area contributed by atoms with E-state index in [-0.39, 0.29) is 11.7 Å². The van der Waals surface area contributed by atoms with Gasteiger partial charge < -0.3 is 9.64 Å². The van der Waals surface area contributed by atoms with Crippen LogP contribution in [0.2, 0.25) is 0 Å². The third kappa shape index (κ3) is 4.68. The molecule has 0 aliphatic rings. The number of ether oxygens (including phenoxy) is 1. The van der Waals surface area contributed by atoms with E-state index in [2.05, 4.69) is 13.8 Å². The number of amides is 1. The first kappa shape index (κ1) is 21.9. The third-order valence-electron chi connectivity index (χ3n) is 5.29. The molecule has 7 heteroatoms. The van der Waals surface area contributed by atoms with Crippen LogP contribution in [0, 0.1) is 0 Å². The van der Waals surface area contributed by atoms with Crippen molar-refractivity contribution in [3.8, 4) is 5.75 Å². The Balaban J connectivity index is 1.97. The molecule has 0 aliphatic heterocycles. The van der Waals surface area contributed by atoms with Gasteiger partial charge in [-0.15, -0.1) is 0 Å². The number of Topliss-reactive ketones (excluding diaryl/α,β-unsaturated/α-hetero) is 1. The van der Waals surface area contributed by atoms with Gasteiger partial charge in [0.15, 0.2) is 10.9 Å². The second-order valence-corrected chi connectivity index (χ2v) is 8.11. The molecule has 6 nitrogen and oxygen atoms in total. The summed E-state index contributed by atoms with van der Waals surface area (Å²) >= 11 is 1.48. The Hall–Kier alpha value is -2.77. The fraction of sp³-hybridized carbons (Fsp3) is 0.348. The van der Waals surface area contributed by atoms with Gasteiger partial charge in [-0.05, 0) is 45.0 Å². The van der Waals surface area contributed by atoms with E-state index < -0.39 is 0 Å². The van der Waals surface area contributed by atoms with E-state index in [1.165, 1.54) is 23.2 Å². The molecular weight excluding hydrogens is 398 g/mol. The number of hydrogen-bond acceptors (Lipinski definition) is 5. The van der Waals surface area contributed by atoms with Crippen LogP contribution in [0.3, 0.4) is 0 Å². The molecule has 0 unspecified atom stereocenters. The van der Waals surface area contributed by atoms with Crippen LogP contribution in [-0.4, -0.2) is 50.0 Å². The summed E-state index contributed by atoms with van der Waals surface area (Å²) in [6.07, 6.45) is 0. The molecule has 158 valence electrons. The normalized spacial score (nSPS) is 11.1. The summed E-state index contributed by atoms with van der Waals surface area (Å²) in [6, 6.07) is 12.6. The van der Waals surface area contributed by atoms with Gasteiger partial charge in [0.25, 0.3) is 5.91 Å². The van der Waals surface area contributed by atoms with E-state index in [4.69, 9.17) is 9.72 Å². The number of carbonyl (C=O) groups excluding carboxylic acids is 2. The fourth-order valence-corrected chi connectivity index (χ4v) is 4.36. The zero-order chi connectivity index (χ0) is 21.7. The average molecular weight is 427 g/mol. The van der Waals surface area contributed by atoms with Gasteiger partial charge in [-0.1, -0.05) is 29.5 Å². The number of ketones is 1. The Labute approximate surface area is 181 Å². The zero-order valence-corrected chi connectivity index (χ0v) is 18.7. The molecule has 0 spiro atoms. The molecule has 2 aromatic carbocycles. The van der Waals surface area contributed by atoms with Crippen molar-refractivity contribution in [3.63, 3.8) is 0 Å². The minimum Gasteiger partial charge on any atom is -0.494 e. The number of fused-ring (bicyclic) bond motifs is 1. The fourth-order valence-electron chi connectivity index (χ4n) is 3.35. The Morgan fingerprint density at radius 3 is 2.33 bits per heavy atom. The summed E-state index contributed by atoms with van der Waals surface area (Å²) in [5.74, 6) is 0.562. The number of methoxy groups -OCH3 is 1. The molecule has 3 aromatic rings. The molecule has 1 amide bonds. The van der Waals surface area contributed by atoms with Gasteiger partial charge in [0.05, 0.1) is 38.0 Å². The van der Waals surface area contributed by atoms with E-state index in [1.54, 1.807) is 36.3 Å². The number of benzene rings is 2. The van der Waals surface area contributed by atoms with Crippen molar-refractivity contribution in [3.05, 3.63) is 53.6 Å². The van der Waals surface area contributed by atoms with Crippen LogP contribution in [0.4, 0.5) is 5.13 Å². The first-order chi connectivity index (χ1) is 14.5. The van der Waals surface area contributed by atoms with Crippen molar-refractivity contribution in [1.29, 1.82) is 0 Å². The third-order valence-corrected chi connectivity index (χ3v) is 6.34. The quantitative estimate of drug-likeness (QED) is 0.534. The second kappa shape index (κ2) is 9.82. The number of aromatic nitrogens is 1. The van der Waals surface area contributed by atoms with Gasteiger partial charge in [-0.3, -0.25) is 14.5 Å². The Bertz CT molecular complexity index is 1030. The number of hydrogen-bond donors (Lipinski definition) is 1.